The number of aromatic nitrogens is 2. The van der Waals surface area contributed by atoms with E-state index in [0.29, 0.717) is 18.7 Å². The summed E-state index contributed by atoms with van der Waals surface area (Å²) in [5, 5.41) is 2.91. The molecule has 0 aliphatic heterocycles. The number of hydrogen-bond donors (Lipinski definition) is 0. The van der Waals surface area contributed by atoms with Crippen molar-refractivity contribution in [3.8, 4) is 11.3 Å². The minimum Gasteiger partial charge on any atom is -0.334 e. The second-order valence-electron chi connectivity index (χ2n) is 6.21. The van der Waals surface area contributed by atoms with Crippen LogP contribution >= 0.6 is 11.3 Å². The molecule has 5 heteroatoms. The van der Waals surface area contributed by atoms with Crippen LogP contribution in [0.15, 0.2) is 72.4 Å². The molecule has 0 bridgehead atoms. The molecule has 4 nitrogen and oxygen atoms in total. The lowest BCUT2D eigenvalue weighted by molar-refractivity contribution is 0.0756. The molecule has 0 radical (unpaired) electrons. The fourth-order valence-electron chi connectivity index (χ4n) is 3.10. The van der Waals surface area contributed by atoms with Crippen LogP contribution in [0.3, 0.4) is 0 Å². The first-order chi connectivity index (χ1) is 13.3. The molecule has 4 rings (SSSR count). The number of benzene rings is 1. The molecule has 0 saturated heterocycles. The Hall–Kier alpha value is -3.05. The lowest BCUT2D eigenvalue weighted by Crippen LogP contribution is -2.30. The highest BCUT2D eigenvalue weighted by Gasteiger charge is 2.19. The van der Waals surface area contributed by atoms with Gasteiger partial charge in [0, 0.05) is 34.8 Å². The molecule has 0 atom stereocenters. The lowest BCUT2D eigenvalue weighted by Gasteiger charge is -2.21. The Balaban J connectivity index is 1.80. The largest absolute Gasteiger partial charge is 0.334 e. The quantitative estimate of drug-likeness (QED) is 0.493. The van der Waals surface area contributed by atoms with E-state index >= 15 is 0 Å². The second kappa shape index (κ2) is 7.68. The zero-order valence-corrected chi connectivity index (χ0v) is 15.8. The molecule has 1 amide bonds. The van der Waals surface area contributed by atoms with Crippen molar-refractivity contribution in [1.29, 1.82) is 0 Å². The number of carbonyl (C=O) groups is 1. The van der Waals surface area contributed by atoms with Crippen LogP contribution in [0, 0.1) is 0 Å². The summed E-state index contributed by atoms with van der Waals surface area (Å²) in [5.41, 5.74) is 3.16. The first-order valence-electron chi connectivity index (χ1n) is 8.88. The Morgan fingerprint density at radius 2 is 2.00 bits per heavy atom. The van der Waals surface area contributed by atoms with Crippen LogP contribution < -0.4 is 0 Å². The number of para-hydroxylation sites is 1. The van der Waals surface area contributed by atoms with Gasteiger partial charge in [0.1, 0.15) is 0 Å². The Morgan fingerprint density at radius 1 is 1.11 bits per heavy atom. The van der Waals surface area contributed by atoms with Crippen LogP contribution in [-0.4, -0.2) is 27.3 Å². The predicted octanol–water partition coefficient (Wildman–Crippen LogP) is 5.02. The van der Waals surface area contributed by atoms with Gasteiger partial charge in [-0.2, -0.15) is 0 Å². The second-order valence-corrected chi connectivity index (χ2v) is 7.24. The van der Waals surface area contributed by atoms with Crippen molar-refractivity contribution in [3.63, 3.8) is 0 Å². The van der Waals surface area contributed by atoms with Crippen molar-refractivity contribution >= 4 is 28.1 Å². The number of hydrogen-bond acceptors (Lipinski definition) is 4. The maximum Gasteiger partial charge on any atom is 0.254 e. The van der Waals surface area contributed by atoms with Crippen LogP contribution in [0.1, 0.15) is 22.2 Å². The topological polar surface area (TPSA) is 46.1 Å². The molecule has 3 aromatic heterocycles. The normalized spacial score (nSPS) is 10.9. The number of nitrogens with zero attached hydrogens (tertiary/aromatic N) is 3. The molecule has 27 heavy (non-hydrogen) atoms. The minimum absolute atomic E-state index is 0.0228. The molecular formula is C22H19N3OS. The Morgan fingerprint density at radius 3 is 2.74 bits per heavy atom. The van der Waals surface area contributed by atoms with Gasteiger partial charge in [-0.05, 0) is 42.6 Å². The number of amides is 1. The fraction of sp³-hybridized carbons (Fsp3) is 0.136. The molecule has 0 aliphatic carbocycles. The number of fused-ring (bicyclic) bond motifs is 1. The van der Waals surface area contributed by atoms with Crippen molar-refractivity contribution in [1.82, 2.24) is 14.9 Å². The maximum absolute atomic E-state index is 13.4. The van der Waals surface area contributed by atoms with Gasteiger partial charge < -0.3 is 4.90 Å². The van der Waals surface area contributed by atoms with Gasteiger partial charge in [-0.3, -0.25) is 9.78 Å². The van der Waals surface area contributed by atoms with E-state index in [4.69, 9.17) is 4.98 Å². The zero-order valence-electron chi connectivity index (χ0n) is 15.0. The number of thiophene rings is 1. The van der Waals surface area contributed by atoms with Crippen molar-refractivity contribution < 1.29 is 4.79 Å². The van der Waals surface area contributed by atoms with E-state index in [1.165, 1.54) is 4.88 Å². The highest BCUT2D eigenvalue weighted by molar-refractivity contribution is 7.09. The molecule has 0 fully saturated rings. The summed E-state index contributed by atoms with van der Waals surface area (Å²) in [7, 11) is 0. The molecule has 3 heterocycles. The summed E-state index contributed by atoms with van der Waals surface area (Å²) in [6.07, 6.45) is 3.51. The van der Waals surface area contributed by atoms with E-state index in [2.05, 4.69) is 11.1 Å². The van der Waals surface area contributed by atoms with Crippen LogP contribution in [0.25, 0.3) is 22.2 Å². The summed E-state index contributed by atoms with van der Waals surface area (Å²) in [6.45, 7) is 3.28. The third kappa shape index (κ3) is 3.59. The summed E-state index contributed by atoms with van der Waals surface area (Å²) >= 11 is 1.67. The number of carbonyl (C=O) groups excluding carboxylic acids is 1. The summed E-state index contributed by atoms with van der Waals surface area (Å²) in [6, 6.07) is 17.6. The SMILES string of the molecule is CCN(Cc1cccs1)C(=O)c1cc(-c2cccnc2)nc2ccccc12. The molecule has 0 saturated carbocycles. The lowest BCUT2D eigenvalue weighted by atomic mass is 10.0. The smallest absolute Gasteiger partial charge is 0.254 e. The van der Waals surface area contributed by atoms with Crippen LogP contribution in [-0.2, 0) is 6.54 Å². The van der Waals surface area contributed by atoms with E-state index < -0.39 is 0 Å². The van der Waals surface area contributed by atoms with Crippen LogP contribution in [0.5, 0.6) is 0 Å². The first kappa shape index (κ1) is 17.4. The third-order valence-corrected chi connectivity index (χ3v) is 5.36. The molecule has 0 unspecified atom stereocenters. The standard InChI is InChI=1S/C22H19N3OS/c1-2-25(15-17-8-6-12-27-17)22(26)19-13-21(16-7-5-11-23-14-16)24-20-10-4-3-9-18(19)20/h3-14H,2,15H2,1H3. The van der Waals surface area contributed by atoms with Gasteiger partial charge in [0.15, 0.2) is 0 Å². The van der Waals surface area contributed by atoms with Gasteiger partial charge in [0.25, 0.3) is 5.91 Å². The van der Waals surface area contributed by atoms with Gasteiger partial charge in [0.2, 0.25) is 0 Å². The summed E-state index contributed by atoms with van der Waals surface area (Å²) in [4.78, 5) is 25.4. The molecular weight excluding hydrogens is 354 g/mol. The van der Waals surface area contributed by atoms with Crippen molar-refractivity contribution in [2.45, 2.75) is 13.5 Å². The minimum atomic E-state index is 0.0228. The Bertz CT molecular complexity index is 1060. The van der Waals surface area contributed by atoms with Crippen molar-refractivity contribution in [2.24, 2.45) is 0 Å². The van der Waals surface area contributed by atoms with E-state index in [1.807, 2.05) is 65.7 Å². The number of rotatable bonds is 5. The molecule has 0 aliphatic rings. The van der Waals surface area contributed by atoms with Crippen molar-refractivity contribution in [3.05, 3.63) is 82.8 Å². The number of pyridine rings is 2. The average molecular weight is 373 g/mol. The van der Waals surface area contributed by atoms with E-state index in [0.717, 1.165) is 22.2 Å². The van der Waals surface area contributed by atoms with Gasteiger partial charge >= 0.3 is 0 Å². The highest BCUT2D eigenvalue weighted by Crippen LogP contribution is 2.26. The zero-order chi connectivity index (χ0) is 18.6. The van der Waals surface area contributed by atoms with Crippen LogP contribution in [0.2, 0.25) is 0 Å². The predicted molar refractivity (Wildman–Crippen MR) is 110 cm³/mol. The molecule has 0 N–H and O–H groups in total. The molecule has 0 spiro atoms. The van der Waals surface area contributed by atoms with E-state index in [-0.39, 0.29) is 5.91 Å². The third-order valence-electron chi connectivity index (χ3n) is 4.50. The average Bonchev–Trinajstić information content (AvgIpc) is 3.24. The van der Waals surface area contributed by atoms with E-state index in [9.17, 15) is 4.79 Å². The Kier molecular flexibility index (Phi) is 4.94. The van der Waals surface area contributed by atoms with Crippen LogP contribution in [0.4, 0.5) is 0 Å². The fourth-order valence-corrected chi connectivity index (χ4v) is 3.82. The van der Waals surface area contributed by atoms with E-state index in [1.54, 1.807) is 23.7 Å². The van der Waals surface area contributed by atoms with Crippen molar-refractivity contribution in [2.75, 3.05) is 6.54 Å². The van der Waals surface area contributed by atoms with Gasteiger partial charge in [-0.25, -0.2) is 4.98 Å². The molecule has 4 aromatic rings. The highest BCUT2D eigenvalue weighted by atomic mass is 32.1. The van der Waals surface area contributed by atoms with Gasteiger partial charge in [-0.1, -0.05) is 24.3 Å². The summed E-state index contributed by atoms with van der Waals surface area (Å²) < 4.78 is 0. The van der Waals surface area contributed by atoms with Gasteiger partial charge in [0.05, 0.1) is 23.3 Å². The monoisotopic (exact) mass is 373 g/mol. The Labute approximate surface area is 162 Å². The van der Waals surface area contributed by atoms with Gasteiger partial charge in [-0.15, -0.1) is 11.3 Å². The molecule has 1 aromatic carbocycles. The first-order valence-corrected chi connectivity index (χ1v) is 9.76. The maximum atomic E-state index is 13.4. The summed E-state index contributed by atoms with van der Waals surface area (Å²) in [5.74, 6) is 0.0228. The molecule has 134 valence electrons.